The summed E-state index contributed by atoms with van der Waals surface area (Å²) in [5.74, 6) is -2.37. The van der Waals surface area contributed by atoms with Crippen LogP contribution in [0.1, 0.15) is 47.1 Å². The van der Waals surface area contributed by atoms with Crippen LogP contribution in [-0.2, 0) is 15.0 Å². The Balaban J connectivity index is 3.05. The number of aromatic nitrogens is 1. The lowest BCUT2D eigenvalue weighted by Gasteiger charge is -2.51. The summed E-state index contributed by atoms with van der Waals surface area (Å²) in [7, 11) is 0. The molecule has 140 valence electrons. The maximum Gasteiger partial charge on any atom is 0.352 e. The number of hydrogen-bond acceptors (Lipinski definition) is 4. The minimum absolute atomic E-state index is 0.0795. The number of aliphatic carboxylic acids is 2. The molecule has 2 heterocycles. The van der Waals surface area contributed by atoms with E-state index in [1.54, 1.807) is 18.5 Å². The second-order valence-electron chi connectivity index (χ2n) is 8.59. The standard InChI is InChI=1S/C20H26N2O4/c1-18(2,3)15-14(17(25)26)22-13(16(23)24)11-20(15,19(4,5)6)12-7-9-21-10-8-12/h7-11,22H,1-6H3,(H,23,24)(H,25,26). The molecule has 2 rings (SSSR count). The molecule has 6 nitrogen and oxygen atoms in total. The molecule has 6 heteroatoms. The summed E-state index contributed by atoms with van der Waals surface area (Å²) in [6, 6.07) is 3.63. The van der Waals surface area contributed by atoms with E-state index < -0.39 is 28.2 Å². The average molecular weight is 358 g/mol. The molecule has 0 saturated carbocycles. The van der Waals surface area contributed by atoms with Crippen molar-refractivity contribution in [3.8, 4) is 0 Å². The summed E-state index contributed by atoms with van der Waals surface area (Å²) >= 11 is 0. The Morgan fingerprint density at radius 3 is 1.92 bits per heavy atom. The lowest BCUT2D eigenvalue weighted by atomic mass is 9.52. The molecule has 0 aliphatic carbocycles. The number of dihydropyridines is 1. The van der Waals surface area contributed by atoms with E-state index in [0.717, 1.165) is 5.56 Å². The monoisotopic (exact) mass is 358 g/mol. The van der Waals surface area contributed by atoms with Crippen LogP contribution in [0.25, 0.3) is 0 Å². The van der Waals surface area contributed by atoms with Crippen molar-refractivity contribution in [2.24, 2.45) is 10.8 Å². The molecule has 0 fully saturated rings. The van der Waals surface area contributed by atoms with Crippen molar-refractivity contribution >= 4 is 11.9 Å². The van der Waals surface area contributed by atoms with Gasteiger partial charge in [0.25, 0.3) is 0 Å². The van der Waals surface area contributed by atoms with E-state index in [1.807, 2.05) is 53.7 Å². The van der Waals surface area contributed by atoms with E-state index in [9.17, 15) is 19.8 Å². The molecule has 0 saturated heterocycles. The second kappa shape index (κ2) is 6.27. The number of hydrogen-bond donors (Lipinski definition) is 3. The fraction of sp³-hybridized carbons (Fsp3) is 0.450. The minimum Gasteiger partial charge on any atom is -0.477 e. The van der Waals surface area contributed by atoms with Crippen molar-refractivity contribution in [1.29, 1.82) is 0 Å². The smallest absolute Gasteiger partial charge is 0.352 e. The van der Waals surface area contributed by atoms with Gasteiger partial charge < -0.3 is 15.5 Å². The fourth-order valence-electron chi connectivity index (χ4n) is 3.83. The van der Waals surface area contributed by atoms with Crippen LogP contribution in [0.3, 0.4) is 0 Å². The molecule has 0 radical (unpaired) electrons. The zero-order chi connectivity index (χ0) is 19.9. The molecule has 26 heavy (non-hydrogen) atoms. The third kappa shape index (κ3) is 3.11. The minimum atomic E-state index is -1.20. The fourth-order valence-corrected chi connectivity index (χ4v) is 3.83. The summed E-state index contributed by atoms with van der Waals surface area (Å²) in [5, 5.41) is 22.1. The van der Waals surface area contributed by atoms with Crippen molar-refractivity contribution in [3.63, 3.8) is 0 Å². The molecule has 0 spiro atoms. The maximum atomic E-state index is 12.1. The van der Waals surface area contributed by atoms with Gasteiger partial charge in [0, 0.05) is 17.8 Å². The number of nitrogens with one attached hydrogen (secondary N) is 1. The van der Waals surface area contributed by atoms with E-state index in [-0.39, 0.29) is 11.4 Å². The van der Waals surface area contributed by atoms with E-state index >= 15 is 0 Å². The first kappa shape index (κ1) is 19.7. The number of pyridine rings is 1. The molecular weight excluding hydrogens is 332 g/mol. The van der Waals surface area contributed by atoms with Gasteiger partial charge >= 0.3 is 11.9 Å². The molecule has 1 aliphatic heterocycles. The SMILES string of the molecule is CC(C)(C)C1=C(C(=O)O)NC(C(=O)O)=CC1(c1ccncc1)C(C)(C)C. The topological polar surface area (TPSA) is 99.5 Å². The van der Waals surface area contributed by atoms with Crippen LogP contribution >= 0.6 is 0 Å². The highest BCUT2D eigenvalue weighted by atomic mass is 16.4. The number of nitrogens with zero attached hydrogens (tertiary/aromatic N) is 1. The van der Waals surface area contributed by atoms with Gasteiger partial charge in [0.2, 0.25) is 0 Å². The molecule has 0 aromatic carbocycles. The van der Waals surface area contributed by atoms with Crippen LogP contribution in [0.5, 0.6) is 0 Å². The molecule has 3 N–H and O–H groups in total. The molecule has 0 bridgehead atoms. The Bertz CT molecular complexity index is 795. The van der Waals surface area contributed by atoms with Crippen molar-refractivity contribution in [2.75, 3.05) is 0 Å². The Morgan fingerprint density at radius 2 is 1.54 bits per heavy atom. The van der Waals surface area contributed by atoms with Crippen LogP contribution in [0.15, 0.2) is 47.6 Å². The summed E-state index contributed by atoms with van der Waals surface area (Å²) in [5.41, 5.74) is -0.726. The van der Waals surface area contributed by atoms with E-state index in [4.69, 9.17) is 0 Å². The zero-order valence-electron chi connectivity index (χ0n) is 16.0. The summed E-state index contributed by atoms with van der Waals surface area (Å²) in [6.07, 6.45) is 4.93. The first-order valence-corrected chi connectivity index (χ1v) is 8.44. The number of rotatable bonds is 3. The van der Waals surface area contributed by atoms with Crippen molar-refractivity contribution in [2.45, 2.75) is 47.0 Å². The van der Waals surface area contributed by atoms with Crippen LogP contribution in [-0.4, -0.2) is 27.1 Å². The van der Waals surface area contributed by atoms with Gasteiger partial charge in [-0.25, -0.2) is 9.59 Å². The van der Waals surface area contributed by atoms with Crippen molar-refractivity contribution in [1.82, 2.24) is 10.3 Å². The van der Waals surface area contributed by atoms with Crippen LogP contribution < -0.4 is 5.32 Å². The zero-order valence-corrected chi connectivity index (χ0v) is 16.0. The number of carbonyl (C=O) groups is 2. The van der Waals surface area contributed by atoms with Gasteiger partial charge in [0.05, 0.1) is 0 Å². The summed E-state index contributed by atoms with van der Waals surface area (Å²) in [4.78, 5) is 27.9. The number of carboxylic acids is 2. The van der Waals surface area contributed by atoms with Crippen LogP contribution in [0.2, 0.25) is 0 Å². The Morgan fingerprint density at radius 1 is 1.00 bits per heavy atom. The predicted octanol–water partition coefficient (Wildman–Crippen LogP) is 3.32. The second-order valence-corrected chi connectivity index (χ2v) is 8.59. The molecular formula is C20H26N2O4. The summed E-state index contributed by atoms with van der Waals surface area (Å²) in [6.45, 7) is 11.8. The molecule has 1 aromatic rings. The van der Waals surface area contributed by atoms with Crippen LogP contribution in [0.4, 0.5) is 0 Å². The lowest BCUT2D eigenvalue weighted by Crippen LogP contribution is -2.50. The van der Waals surface area contributed by atoms with Gasteiger partial charge in [0.15, 0.2) is 0 Å². The third-order valence-corrected chi connectivity index (χ3v) is 4.78. The molecule has 1 atom stereocenters. The van der Waals surface area contributed by atoms with Gasteiger partial charge in [-0.15, -0.1) is 0 Å². The molecule has 1 unspecified atom stereocenters. The highest BCUT2D eigenvalue weighted by molar-refractivity contribution is 5.95. The van der Waals surface area contributed by atoms with Crippen molar-refractivity contribution in [3.05, 3.63) is 53.1 Å². The predicted molar refractivity (Wildman–Crippen MR) is 98.3 cm³/mol. The van der Waals surface area contributed by atoms with Crippen molar-refractivity contribution < 1.29 is 19.8 Å². The largest absolute Gasteiger partial charge is 0.477 e. The van der Waals surface area contributed by atoms with Gasteiger partial charge in [-0.05, 0) is 40.2 Å². The quantitative estimate of drug-likeness (QED) is 0.766. The normalized spacial score (nSPS) is 21.1. The molecule has 1 aromatic heterocycles. The van der Waals surface area contributed by atoms with Gasteiger partial charge in [-0.1, -0.05) is 41.5 Å². The highest BCUT2D eigenvalue weighted by Crippen LogP contribution is 2.56. The Labute approximate surface area is 153 Å². The van der Waals surface area contributed by atoms with E-state index in [1.165, 1.54) is 0 Å². The molecule has 0 amide bonds. The average Bonchev–Trinajstić information content (AvgIpc) is 2.52. The lowest BCUT2D eigenvalue weighted by molar-refractivity contribution is -0.134. The number of carboxylic acid groups (broad SMARTS) is 2. The number of allylic oxidation sites excluding steroid dienone is 2. The molecule has 1 aliphatic rings. The summed E-state index contributed by atoms with van der Waals surface area (Å²) < 4.78 is 0. The van der Waals surface area contributed by atoms with Crippen LogP contribution in [0, 0.1) is 10.8 Å². The van der Waals surface area contributed by atoms with Gasteiger partial charge in [0.1, 0.15) is 11.4 Å². The first-order chi connectivity index (χ1) is 11.8. The first-order valence-electron chi connectivity index (χ1n) is 8.44. The third-order valence-electron chi connectivity index (χ3n) is 4.78. The maximum absolute atomic E-state index is 12.1. The van der Waals surface area contributed by atoms with E-state index in [2.05, 4.69) is 10.3 Å². The Kier molecular flexibility index (Phi) is 4.75. The van der Waals surface area contributed by atoms with Gasteiger partial charge in [-0.2, -0.15) is 0 Å². The Hall–Kier alpha value is -2.63. The van der Waals surface area contributed by atoms with E-state index in [0.29, 0.717) is 5.57 Å². The highest BCUT2D eigenvalue weighted by Gasteiger charge is 2.53. The van der Waals surface area contributed by atoms with Gasteiger partial charge in [-0.3, -0.25) is 4.98 Å².